The first kappa shape index (κ1) is 20.3. The van der Waals surface area contributed by atoms with E-state index >= 15 is 0 Å². The van der Waals surface area contributed by atoms with Gasteiger partial charge in [0.2, 0.25) is 0 Å². The second-order valence-corrected chi connectivity index (χ2v) is 8.40. The Morgan fingerprint density at radius 3 is 2.70 bits per heavy atom. The first-order chi connectivity index (χ1) is 14.5. The minimum atomic E-state index is 0.148. The molecule has 30 heavy (non-hydrogen) atoms. The second-order valence-electron chi connectivity index (χ2n) is 8.40. The zero-order valence-corrected chi connectivity index (χ0v) is 17.8. The van der Waals surface area contributed by atoms with Crippen LogP contribution in [0, 0.1) is 5.92 Å². The molecule has 0 bridgehead atoms. The van der Waals surface area contributed by atoms with Crippen LogP contribution in [0.4, 0.5) is 5.82 Å². The highest BCUT2D eigenvalue weighted by atomic mass is 16.1. The maximum atomic E-state index is 12.7. The van der Waals surface area contributed by atoms with Crippen molar-refractivity contribution in [1.29, 1.82) is 0 Å². The van der Waals surface area contributed by atoms with Gasteiger partial charge >= 0.3 is 0 Å². The van der Waals surface area contributed by atoms with Crippen molar-refractivity contribution in [3.05, 3.63) is 42.6 Å². The average molecular weight is 405 g/mol. The molecule has 0 atom stereocenters. The van der Waals surface area contributed by atoms with E-state index in [9.17, 15) is 4.79 Å². The summed E-state index contributed by atoms with van der Waals surface area (Å²) in [4.78, 5) is 32.9. The van der Waals surface area contributed by atoms with Crippen LogP contribution in [0.3, 0.4) is 0 Å². The first-order valence-electron chi connectivity index (χ1n) is 10.5. The number of rotatable bonds is 6. The van der Waals surface area contributed by atoms with Crippen LogP contribution in [0.15, 0.2) is 36.9 Å². The van der Waals surface area contributed by atoms with Gasteiger partial charge in [0.15, 0.2) is 0 Å². The molecular formula is C23H28N6O. The molecule has 0 amide bonds. The van der Waals surface area contributed by atoms with E-state index in [1.807, 2.05) is 12.1 Å². The number of nitrogens with one attached hydrogen (secondary N) is 1. The number of anilines is 1. The molecule has 7 nitrogen and oxygen atoms in total. The lowest BCUT2D eigenvalue weighted by Crippen LogP contribution is -2.34. The predicted octanol–water partition coefficient (Wildman–Crippen LogP) is 3.36. The van der Waals surface area contributed by atoms with Crippen LogP contribution in [0.1, 0.15) is 32.4 Å². The Labute approximate surface area is 177 Å². The summed E-state index contributed by atoms with van der Waals surface area (Å²) in [7, 11) is 2.11. The third kappa shape index (κ3) is 4.79. The minimum Gasteiger partial charge on any atom is -0.367 e. The molecule has 1 N–H and O–H groups in total. The molecule has 7 heteroatoms. The van der Waals surface area contributed by atoms with Crippen LogP contribution in [0.5, 0.6) is 0 Å². The van der Waals surface area contributed by atoms with Crippen molar-refractivity contribution in [2.24, 2.45) is 5.92 Å². The third-order valence-electron chi connectivity index (χ3n) is 5.52. The summed E-state index contributed by atoms with van der Waals surface area (Å²) in [6, 6.07) is 4.29. The molecule has 0 unspecified atom stereocenters. The SMILES string of the molecule is CC(C)Nc1cncc(-c2cnc3cnc(CC(=O)C4CCN(C)CC4)cc3c2)n1. The molecule has 4 rings (SSSR count). The first-order valence-corrected chi connectivity index (χ1v) is 10.5. The quantitative estimate of drug-likeness (QED) is 0.674. The smallest absolute Gasteiger partial charge is 0.145 e. The standard InChI is InChI=1S/C23H28N6O/c1-15(2)27-23-14-24-12-21(28-23)18-8-17-9-19(25-13-20(17)26-11-18)10-22(30)16-4-6-29(3)7-5-16/h8-9,11-16H,4-7,10H2,1-3H3,(H,27,28). The van der Waals surface area contributed by atoms with Crippen LogP contribution in [-0.2, 0) is 11.2 Å². The van der Waals surface area contributed by atoms with Crippen molar-refractivity contribution >= 4 is 22.5 Å². The topological polar surface area (TPSA) is 83.9 Å². The summed E-state index contributed by atoms with van der Waals surface area (Å²) < 4.78 is 0. The molecule has 1 fully saturated rings. The van der Waals surface area contributed by atoms with Gasteiger partial charge in [0.1, 0.15) is 11.6 Å². The van der Waals surface area contributed by atoms with Crippen molar-refractivity contribution < 1.29 is 4.79 Å². The number of carbonyl (C=O) groups excluding carboxylic acids is 1. The number of ketones is 1. The Hall–Kier alpha value is -2.93. The lowest BCUT2D eigenvalue weighted by molar-refractivity contribution is -0.123. The fourth-order valence-electron chi connectivity index (χ4n) is 3.84. The monoisotopic (exact) mass is 404 g/mol. The van der Waals surface area contributed by atoms with E-state index in [-0.39, 0.29) is 17.7 Å². The average Bonchev–Trinajstić information content (AvgIpc) is 2.73. The lowest BCUT2D eigenvalue weighted by Gasteiger charge is -2.27. The molecular weight excluding hydrogens is 376 g/mol. The Morgan fingerprint density at radius 1 is 1.13 bits per heavy atom. The molecule has 4 heterocycles. The van der Waals surface area contributed by atoms with Crippen LogP contribution >= 0.6 is 0 Å². The van der Waals surface area contributed by atoms with Gasteiger partial charge in [-0.3, -0.25) is 19.7 Å². The number of fused-ring (bicyclic) bond motifs is 1. The number of aromatic nitrogens is 4. The van der Waals surface area contributed by atoms with E-state index in [1.54, 1.807) is 24.8 Å². The van der Waals surface area contributed by atoms with Gasteiger partial charge in [-0.25, -0.2) is 4.98 Å². The number of Topliss-reactive ketones (excluding diaryl/α,β-unsaturated/α-hetero) is 1. The second kappa shape index (κ2) is 8.83. The minimum absolute atomic E-state index is 0.148. The van der Waals surface area contributed by atoms with E-state index < -0.39 is 0 Å². The predicted molar refractivity (Wildman–Crippen MR) is 118 cm³/mol. The van der Waals surface area contributed by atoms with E-state index in [2.05, 4.69) is 51.0 Å². The number of carbonyl (C=O) groups is 1. The number of nitrogens with zero attached hydrogens (tertiary/aromatic N) is 5. The molecule has 3 aromatic rings. The van der Waals surface area contributed by atoms with Gasteiger partial charge in [-0.1, -0.05) is 0 Å². The fraction of sp³-hybridized carbons (Fsp3) is 0.435. The van der Waals surface area contributed by atoms with Gasteiger partial charge < -0.3 is 10.2 Å². The molecule has 1 saturated heterocycles. The molecule has 3 aromatic heterocycles. The van der Waals surface area contributed by atoms with Crippen molar-refractivity contribution in [3.63, 3.8) is 0 Å². The molecule has 0 spiro atoms. The number of hydrogen-bond acceptors (Lipinski definition) is 7. The van der Waals surface area contributed by atoms with E-state index in [0.29, 0.717) is 6.42 Å². The third-order valence-corrected chi connectivity index (χ3v) is 5.52. The molecule has 0 aliphatic carbocycles. The summed E-state index contributed by atoms with van der Waals surface area (Å²) in [6.07, 6.45) is 9.24. The van der Waals surface area contributed by atoms with Crippen molar-refractivity contribution in [1.82, 2.24) is 24.8 Å². The molecule has 0 saturated carbocycles. The number of likely N-dealkylation sites (tertiary alicyclic amines) is 1. The molecule has 156 valence electrons. The van der Waals surface area contributed by atoms with Crippen LogP contribution in [-0.4, -0.2) is 56.8 Å². The summed E-state index contributed by atoms with van der Waals surface area (Å²) in [5, 5.41) is 4.23. The highest BCUT2D eigenvalue weighted by Gasteiger charge is 2.23. The Bertz CT molecular complexity index is 1040. The Morgan fingerprint density at radius 2 is 1.93 bits per heavy atom. The van der Waals surface area contributed by atoms with Gasteiger partial charge in [-0.05, 0) is 59.0 Å². The van der Waals surface area contributed by atoms with Gasteiger partial charge in [-0.2, -0.15) is 0 Å². The van der Waals surface area contributed by atoms with Crippen LogP contribution < -0.4 is 5.32 Å². The summed E-state index contributed by atoms with van der Waals surface area (Å²) in [6.45, 7) is 6.10. The molecule has 1 aliphatic rings. The summed E-state index contributed by atoms with van der Waals surface area (Å²) in [5.41, 5.74) is 3.25. The van der Waals surface area contributed by atoms with E-state index in [0.717, 1.165) is 59.6 Å². The van der Waals surface area contributed by atoms with Crippen LogP contribution in [0.25, 0.3) is 22.2 Å². The normalized spacial score (nSPS) is 15.6. The summed E-state index contributed by atoms with van der Waals surface area (Å²) >= 11 is 0. The van der Waals surface area contributed by atoms with E-state index in [1.165, 1.54) is 0 Å². The number of pyridine rings is 2. The Kier molecular flexibility index (Phi) is 5.99. The van der Waals surface area contributed by atoms with Gasteiger partial charge in [0.25, 0.3) is 0 Å². The van der Waals surface area contributed by atoms with Crippen LogP contribution in [0.2, 0.25) is 0 Å². The number of hydrogen-bond donors (Lipinski definition) is 1. The zero-order chi connectivity index (χ0) is 21.1. The fourth-order valence-corrected chi connectivity index (χ4v) is 3.84. The van der Waals surface area contributed by atoms with Gasteiger partial charge in [0.05, 0.1) is 29.8 Å². The maximum Gasteiger partial charge on any atom is 0.145 e. The highest BCUT2D eigenvalue weighted by Crippen LogP contribution is 2.23. The lowest BCUT2D eigenvalue weighted by atomic mass is 9.90. The molecule has 0 radical (unpaired) electrons. The van der Waals surface area contributed by atoms with Gasteiger partial charge in [-0.15, -0.1) is 0 Å². The summed E-state index contributed by atoms with van der Waals surface area (Å²) in [5.74, 6) is 1.17. The van der Waals surface area contributed by atoms with E-state index in [4.69, 9.17) is 0 Å². The maximum absolute atomic E-state index is 12.7. The molecule has 1 aliphatic heterocycles. The largest absolute Gasteiger partial charge is 0.367 e. The Balaban J connectivity index is 1.55. The molecule has 0 aromatic carbocycles. The zero-order valence-electron chi connectivity index (χ0n) is 17.8. The van der Waals surface area contributed by atoms with Crippen molar-refractivity contribution in [3.8, 4) is 11.3 Å². The number of piperidine rings is 1. The van der Waals surface area contributed by atoms with Crippen molar-refractivity contribution in [2.45, 2.75) is 39.2 Å². The van der Waals surface area contributed by atoms with Gasteiger partial charge in [0, 0.05) is 41.2 Å². The highest BCUT2D eigenvalue weighted by molar-refractivity contribution is 5.86. The van der Waals surface area contributed by atoms with Crippen molar-refractivity contribution in [2.75, 3.05) is 25.5 Å².